The highest BCUT2D eigenvalue weighted by Gasteiger charge is 1.96. The van der Waals surface area contributed by atoms with E-state index in [1.54, 1.807) is 12.1 Å². The molecule has 2 nitrogen and oxygen atoms in total. The van der Waals surface area contributed by atoms with Crippen molar-refractivity contribution in [1.29, 1.82) is 5.41 Å². The lowest BCUT2D eigenvalue weighted by molar-refractivity contribution is 0.628. The van der Waals surface area contributed by atoms with Gasteiger partial charge in [0.25, 0.3) is 0 Å². The number of rotatable bonds is 2. The molecule has 0 aliphatic rings. The molecule has 0 amide bonds. The van der Waals surface area contributed by atoms with Crippen LogP contribution in [-0.2, 0) is 0 Å². The number of halogens is 1. The number of aryl methyl sites for hydroxylation is 1. The third-order valence-electron chi connectivity index (χ3n) is 2.44. The fraction of sp³-hybridized carbons (Fsp3) is 0.0625. The predicted octanol–water partition coefficient (Wildman–Crippen LogP) is 3.91. The first kappa shape index (κ1) is 14.6. The van der Waals surface area contributed by atoms with Gasteiger partial charge in [-0.1, -0.05) is 42.0 Å². The van der Waals surface area contributed by atoms with Crippen molar-refractivity contribution in [3.8, 4) is 11.1 Å². The molecule has 0 spiro atoms. The fourth-order valence-electron chi connectivity index (χ4n) is 1.44. The number of benzene rings is 2. The molecule has 0 fully saturated rings. The molecule has 0 bridgehead atoms. The van der Waals surface area contributed by atoms with Gasteiger partial charge in [-0.15, -0.1) is 0 Å². The van der Waals surface area contributed by atoms with Gasteiger partial charge < -0.3 is 11.1 Å². The summed E-state index contributed by atoms with van der Waals surface area (Å²) in [5, 5.41) is 6.31. The molecule has 2 rings (SSSR count). The van der Waals surface area contributed by atoms with Gasteiger partial charge in [0.2, 0.25) is 0 Å². The monoisotopic (exact) mass is 256 g/mol. The summed E-state index contributed by atoms with van der Waals surface area (Å²) in [6.07, 6.45) is 3.88. The van der Waals surface area contributed by atoms with Crippen molar-refractivity contribution in [1.82, 2.24) is 0 Å². The van der Waals surface area contributed by atoms with E-state index in [0.29, 0.717) is 0 Å². The number of nitrogens with one attached hydrogen (secondary N) is 1. The van der Waals surface area contributed by atoms with E-state index < -0.39 is 0 Å². The van der Waals surface area contributed by atoms with Crippen LogP contribution in [0.1, 0.15) is 5.56 Å². The first-order valence-corrected chi connectivity index (χ1v) is 5.87. The highest BCUT2D eigenvalue weighted by Crippen LogP contribution is 2.19. The SMILES string of the molecule is Cc1ccc(-c2ccc(F)cc2)cc1.N=C/C=C\N. The first-order chi connectivity index (χ1) is 9.17. The Bertz CT molecular complexity index is 484. The number of nitrogens with two attached hydrogens (primary N) is 1. The molecular weight excluding hydrogens is 239 g/mol. The lowest BCUT2D eigenvalue weighted by Gasteiger charge is -2.01. The summed E-state index contributed by atoms with van der Waals surface area (Å²) in [5.41, 5.74) is 8.21. The Hall–Kier alpha value is -2.42. The number of allylic oxidation sites excluding steroid dienone is 1. The van der Waals surface area contributed by atoms with Gasteiger partial charge in [0.05, 0.1) is 0 Å². The quantitative estimate of drug-likeness (QED) is 0.786. The minimum absolute atomic E-state index is 0.194. The Morgan fingerprint density at radius 1 is 0.947 bits per heavy atom. The molecule has 0 aliphatic heterocycles. The van der Waals surface area contributed by atoms with Crippen molar-refractivity contribution >= 4 is 6.21 Å². The van der Waals surface area contributed by atoms with Crippen molar-refractivity contribution < 1.29 is 4.39 Å². The highest BCUT2D eigenvalue weighted by molar-refractivity contribution is 5.67. The lowest BCUT2D eigenvalue weighted by Crippen LogP contribution is -1.79. The number of hydrogen-bond acceptors (Lipinski definition) is 2. The van der Waals surface area contributed by atoms with Gasteiger partial charge in [-0.3, -0.25) is 0 Å². The van der Waals surface area contributed by atoms with Crippen molar-refractivity contribution in [2.75, 3.05) is 0 Å². The van der Waals surface area contributed by atoms with Crippen LogP contribution in [0, 0.1) is 18.2 Å². The predicted molar refractivity (Wildman–Crippen MR) is 78.7 cm³/mol. The summed E-state index contributed by atoms with van der Waals surface area (Å²) >= 11 is 0. The van der Waals surface area contributed by atoms with Gasteiger partial charge in [-0.05, 0) is 42.5 Å². The van der Waals surface area contributed by atoms with E-state index in [1.807, 2.05) is 12.1 Å². The maximum absolute atomic E-state index is 12.7. The fourth-order valence-corrected chi connectivity index (χ4v) is 1.44. The first-order valence-electron chi connectivity index (χ1n) is 5.87. The molecule has 0 aliphatic carbocycles. The standard InChI is InChI=1S/C13H11F.C3H6N2/c1-10-2-4-11(5-3-10)12-6-8-13(14)9-7-12;4-2-1-3-5/h2-9H,1H3;1-4H,5H2/b;3-1-,4-2?. The molecule has 0 atom stereocenters. The van der Waals surface area contributed by atoms with Crippen molar-refractivity contribution in [2.45, 2.75) is 6.92 Å². The van der Waals surface area contributed by atoms with Crippen LogP contribution in [0.3, 0.4) is 0 Å². The minimum Gasteiger partial charge on any atom is -0.405 e. The van der Waals surface area contributed by atoms with Crippen LogP contribution in [0.25, 0.3) is 11.1 Å². The molecule has 0 saturated carbocycles. The molecule has 2 aromatic rings. The van der Waals surface area contributed by atoms with E-state index in [4.69, 9.17) is 11.1 Å². The second-order valence-corrected chi connectivity index (χ2v) is 3.92. The van der Waals surface area contributed by atoms with E-state index in [9.17, 15) is 4.39 Å². The van der Waals surface area contributed by atoms with Crippen LogP contribution >= 0.6 is 0 Å². The Balaban J connectivity index is 0.000000312. The van der Waals surface area contributed by atoms with Gasteiger partial charge in [0.15, 0.2) is 0 Å². The summed E-state index contributed by atoms with van der Waals surface area (Å²) < 4.78 is 12.7. The molecule has 19 heavy (non-hydrogen) atoms. The Morgan fingerprint density at radius 3 is 1.79 bits per heavy atom. The largest absolute Gasteiger partial charge is 0.405 e. The summed E-state index contributed by atoms with van der Waals surface area (Å²) in [6.45, 7) is 2.05. The molecule has 0 aromatic heterocycles. The smallest absolute Gasteiger partial charge is 0.123 e. The van der Waals surface area contributed by atoms with Crippen molar-refractivity contribution in [3.63, 3.8) is 0 Å². The van der Waals surface area contributed by atoms with Crippen LogP contribution in [0.4, 0.5) is 4.39 Å². The van der Waals surface area contributed by atoms with Gasteiger partial charge in [-0.25, -0.2) is 4.39 Å². The van der Waals surface area contributed by atoms with E-state index in [1.165, 1.54) is 30.0 Å². The van der Waals surface area contributed by atoms with Gasteiger partial charge >= 0.3 is 0 Å². The van der Waals surface area contributed by atoms with Crippen LogP contribution in [-0.4, -0.2) is 6.21 Å². The molecular formula is C16H17FN2. The zero-order valence-electron chi connectivity index (χ0n) is 10.8. The second kappa shape index (κ2) is 7.82. The minimum atomic E-state index is -0.194. The molecule has 3 N–H and O–H groups in total. The Morgan fingerprint density at radius 2 is 1.42 bits per heavy atom. The molecule has 0 heterocycles. The third-order valence-corrected chi connectivity index (χ3v) is 2.44. The van der Waals surface area contributed by atoms with Gasteiger partial charge in [0, 0.05) is 6.21 Å². The summed E-state index contributed by atoms with van der Waals surface area (Å²) in [7, 11) is 0. The van der Waals surface area contributed by atoms with Crippen LogP contribution in [0.15, 0.2) is 60.8 Å². The average molecular weight is 256 g/mol. The molecule has 0 saturated heterocycles. The topological polar surface area (TPSA) is 49.9 Å². The van der Waals surface area contributed by atoms with E-state index in [-0.39, 0.29) is 5.82 Å². The van der Waals surface area contributed by atoms with E-state index in [2.05, 4.69) is 19.1 Å². The lowest BCUT2D eigenvalue weighted by atomic mass is 10.0. The molecule has 0 unspecified atom stereocenters. The Labute approximate surface area is 112 Å². The summed E-state index contributed by atoms with van der Waals surface area (Å²) in [6, 6.07) is 14.7. The van der Waals surface area contributed by atoms with E-state index >= 15 is 0 Å². The average Bonchev–Trinajstić information content (AvgIpc) is 2.42. The van der Waals surface area contributed by atoms with Crippen LogP contribution in [0.5, 0.6) is 0 Å². The summed E-state index contributed by atoms with van der Waals surface area (Å²) in [4.78, 5) is 0. The maximum Gasteiger partial charge on any atom is 0.123 e. The van der Waals surface area contributed by atoms with Crippen molar-refractivity contribution in [2.24, 2.45) is 5.73 Å². The van der Waals surface area contributed by atoms with Crippen molar-refractivity contribution in [3.05, 3.63) is 72.2 Å². The molecule has 98 valence electrons. The van der Waals surface area contributed by atoms with Crippen LogP contribution in [0.2, 0.25) is 0 Å². The second-order valence-electron chi connectivity index (χ2n) is 3.92. The van der Waals surface area contributed by atoms with E-state index in [0.717, 1.165) is 17.3 Å². The third kappa shape index (κ3) is 5.17. The van der Waals surface area contributed by atoms with Crippen LogP contribution < -0.4 is 5.73 Å². The molecule has 0 radical (unpaired) electrons. The molecule has 3 heteroatoms. The zero-order chi connectivity index (χ0) is 14.1. The highest BCUT2D eigenvalue weighted by atomic mass is 19.1. The Kier molecular flexibility index (Phi) is 6.03. The normalized spacial score (nSPS) is 9.79. The molecule has 2 aromatic carbocycles. The summed E-state index contributed by atoms with van der Waals surface area (Å²) in [5.74, 6) is -0.194. The zero-order valence-corrected chi connectivity index (χ0v) is 10.8. The maximum atomic E-state index is 12.7. The van der Waals surface area contributed by atoms with Gasteiger partial charge in [-0.2, -0.15) is 0 Å². The number of hydrogen-bond donors (Lipinski definition) is 2. The van der Waals surface area contributed by atoms with Gasteiger partial charge in [0.1, 0.15) is 5.82 Å².